The number of rotatable bonds is 4. The predicted molar refractivity (Wildman–Crippen MR) is 160 cm³/mol. The summed E-state index contributed by atoms with van der Waals surface area (Å²) in [5.74, 6) is -0.556. The molecule has 0 saturated carbocycles. The lowest BCUT2D eigenvalue weighted by Gasteiger charge is -2.13. The predicted octanol–water partition coefficient (Wildman–Crippen LogP) is 9.25. The number of fused-ring (bicyclic) bond motifs is 2. The molecule has 3 aromatic carbocycles. The van der Waals surface area contributed by atoms with Gasteiger partial charge in [0.25, 0.3) is 11.4 Å². The van der Waals surface area contributed by atoms with E-state index in [0.29, 0.717) is 0 Å². The maximum absolute atomic E-state index is 13.0. The molecule has 0 N–H and O–H groups in total. The molecule has 5 rings (SSSR count). The van der Waals surface area contributed by atoms with Crippen LogP contribution in [0, 0.1) is 53.7 Å². The lowest BCUT2D eigenvalue weighted by atomic mass is 9.91. The molecule has 0 aliphatic heterocycles. The highest BCUT2D eigenvalue weighted by atomic mass is 19.4. The Morgan fingerprint density at radius 3 is 1.67 bits per heavy atom. The van der Waals surface area contributed by atoms with E-state index < -0.39 is 36.1 Å². The number of nitrogens with zero attached hydrogens (tertiary/aromatic N) is 6. The Hall–Kier alpha value is -7.06. The van der Waals surface area contributed by atoms with E-state index in [4.69, 9.17) is 19.7 Å². The van der Waals surface area contributed by atoms with Gasteiger partial charge in [0.2, 0.25) is 5.70 Å². The van der Waals surface area contributed by atoms with Crippen LogP contribution in [0.15, 0.2) is 72.1 Å². The molecule has 2 aliphatic rings. The van der Waals surface area contributed by atoms with Gasteiger partial charge in [0, 0.05) is 5.57 Å². The van der Waals surface area contributed by atoms with Gasteiger partial charge in [-0.2, -0.15) is 18.4 Å². The summed E-state index contributed by atoms with van der Waals surface area (Å²) in [4.78, 5) is 10.3. The first-order chi connectivity index (χ1) is 22.8. The van der Waals surface area contributed by atoms with Crippen molar-refractivity contribution < 1.29 is 31.1 Å². The quantitative estimate of drug-likeness (QED) is 0.160. The molecule has 3 aromatic rings. The second kappa shape index (κ2) is 12.0. The van der Waals surface area contributed by atoms with Crippen molar-refractivity contribution >= 4 is 33.6 Å². The molecule has 230 valence electrons. The SMILES string of the molecule is [C-]#[N+]C1=C(c2ccc(CC(F)(F)F)cc2)/C(=C(/C#N)[N+]#[C-])c2cc3c(cc21)/C(=C(/C#N)[N+]#[C-])C(c1ccc(OC(F)(F)F)cc1)=C3C#N. The summed E-state index contributed by atoms with van der Waals surface area (Å²) in [6.45, 7) is 23.3. The van der Waals surface area contributed by atoms with Crippen LogP contribution in [0.2, 0.25) is 0 Å². The van der Waals surface area contributed by atoms with Crippen molar-refractivity contribution in [1.82, 2.24) is 0 Å². The van der Waals surface area contributed by atoms with E-state index in [-0.39, 0.29) is 72.5 Å². The first-order valence-electron chi connectivity index (χ1n) is 13.3. The molecule has 0 heterocycles. The highest BCUT2D eigenvalue weighted by molar-refractivity contribution is 6.29. The first kappa shape index (κ1) is 32.3. The molecule has 0 bridgehead atoms. The molecule has 0 spiro atoms. The Balaban J connectivity index is 1.78. The van der Waals surface area contributed by atoms with Crippen molar-refractivity contribution in [3.8, 4) is 24.0 Å². The monoisotopic (exact) mass is 646 g/mol. The third-order valence-corrected chi connectivity index (χ3v) is 7.36. The zero-order chi connectivity index (χ0) is 35.0. The smallest absolute Gasteiger partial charge is 0.406 e. The number of halogens is 6. The van der Waals surface area contributed by atoms with E-state index in [1.165, 1.54) is 48.5 Å². The van der Waals surface area contributed by atoms with Crippen LogP contribution in [0.25, 0.3) is 48.1 Å². The summed E-state index contributed by atoms with van der Waals surface area (Å²) in [6.07, 6.45) is -10.6. The van der Waals surface area contributed by atoms with Crippen LogP contribution in [0.4, 0.5) is 26.3 Å². The van der Waals surface area contributed by atoms with Gasteiger partial charge < -0.3 is 4.74 Å². The Kier molecular flexibility index (Phi) is 8.11. The molecule has 0 atom stereocenters. The maximum Gasteiger partial charge on any atom is 0.573 e. The molecular weight excluding hydrogens is 634 g/mol. The van der Waals surface area contributed by atoms with E-state index in [0.717, 1.165) is 12.1 Å². The topological polar surface area (TPSA) is 93.7 Å². The van der Waals surface area contributed by atoms with Gasteiger partial charge in [-0.3, -0.25) is 0 Å². The average molecular weight is 647 g/mol. The number of alkyl halides is 6. The molecule has 0 amide bonds. The number of ether oxygens (including phenoxy) is 1. The van der Waals surface area contributed by atoms with Gasteiger partial charge in [0.15, 0.2) is 0 Å². The van der Waals surface area contributed by atoms with Crippen LogP contribution in [0.3, 0.4) is 0 Å². The van der Waals surface area contributed by atoms with Gasteiger partial charge in [-0.1, -0.05) is 42.5 Å². The minimum atomic E-state index is -4.97. The molecule has 48 heavy (non-hydrogen) atoms. The lowest BCUT2D eigenvalue weighted by molar-refractivity contribution is -0.274. The number of benzene rings is 3. The molecular formula is C35H12F6N6O. The first-order valence-corrected chi connectivity index (χ1v) is 13.3. The molecule has 2 aliphatic carbocycles. The fraction of sp³-hybridized carbons (Fsp3) is 0.0857. The van der Waals surface area contributed by atoms with Gasteiger partial charge in [-0.15, -0.1) is 13.2 Å². The van der Waals surface area contributed by atoms with Crippen molar-refractivity contribution in [2.75, 3.05) is 0 Å². The minimum absolute atomic E-state index is 0.00419. The van der Waals surface area contributed by atoms with Crippen LogP contribution in [0.1, 0.15) is 38.9 Å². The summed E-state index contributed by atoms with van der Waals surface area (Å²) in [6, 6.07) is 18.0. The average Bonchev–Trinajstić information content (AvgIpc) is 3.52. The standard InChI is InChI=1S/C35H12F6N6O/c1-45-27(16-43)31-23-13-25-24(12-22(23)26(15-42)29(31)19-8-10-21(11-9-19)48-35(39,40)41)32(28(17-44)46-2)30(33(25)47-3)20-6-4-18(5-7-20)14-34(36,37)38/h4-13H,14H2/b31-27+,32-28-. The zero-order valence-electron chi connectivity index (χ0n) is 23.8. The van der Waals surface area contributed by atoms with Crippen LogP contribution in [0.5, 0.6) is 5.75 Å². The van der Waals surface area contributed by atoms with Crippen molar-refractivity contribution in [3.05, 3.63) is 145 Å². The third-order valence-electron chi connectivity index (χ3n) is 7.36. The van der Waals surface area contributed by atoms with Crippen molar-refractivity contribution in [3.63, 3.8) is 0 Å². The van der Waals surface area contributed by atoms with E-state index in [2.05, 4.69) is 19.3 Å². The zero-order valence-corrected chi connectivity index (χ0v) is 23.8. The van der Waals surface area contributed by atoms with Gasteiger partial charge in [0.1, 0.15) is 11.8 Å². The normalized spacial score (nSPS) is 15.6. The number of hydrogen-bond acceptors (Lipinski definition) is 4. The van der Waals surface area contributed by atoms with Gasteiger partial charge in [0.05, 0.1) is 43.8 Å². The summed E-state index contributed by atoms with van der Waals surface area (Å²) < 4.78 is 81.2. The Morgan fingerprint density at radius 1 is 0.688 bits per heavy atom. The van der Waals surface area contributed by atoms with Crippen molar-refractivity contribution in [1.29, 1.82) is 15.8 Å². The summed E-state index contributed by atoms with van der Waals surface area (Å²) in [5.41, 5.74) is 0.0216. The highest BCUT2D eigenvalue weighted by Gasteiger charge is 2.37. The number of allylic oxidation sites excluding steroid dienone is 7. The van der Waals surface area contributed by atoms with Gasteiger partial charge >= 0.3 is 12.5 Å². The highest BCUT2D eigenvalue weighted by Crippen LogP contribution is 2.55. The molecule has 0 aromatic heterocycles. The number of hydrogen-bond donors (Lipinski definition) is 0. The summed E-state index contributed by atoms with van der Waals surface area (Å²) in [5, 5.41) is 30.1. The third kappa shape index (κ3) is 5.73. The summed E-state index contributed by atoms with van der Waals surface area (Å²) in [7, 11) is 0. The molecule has 7 nitrogen and oxygen atoms in total. The Morgan fingerprint density at radius 2 is 1.19 bits per heavy atom. The maximum atomic E-state index is 13.0. The molecule has 13 heteroatoms. The van der Waals surface area contributed by atoms with Crippen LogP contribution < -0.4 is 4.74 Å². The lowest BCUT2D eigenvalue weighted by Crippen LogP contribution is -2.17. The van der Waals surface area contributed by atoms with Gasteiger partial charge in [-0.25, -0.2) is 25.1 Å². The molecule has 0 fully saturated rings. The summed E-state index contributed by atoms with van der Waals surface area (Å²) >= 11 is 0. The molecule has 0 saturated heterocycles. The Labute approximate surface area is 268 Å². The second-order valence-electron chi connectivity index (χ2n) is 10.1. The molecule has 0 radical (unpaired) electrons. The fourth-order valence-electron chi connectivity index (χ4n) is 5.61. The van der Waals surface area contributed by atoms with E-state index in [1.54, 1.807) is 12.1 Å². The van der Waals surface area contributed by atoms with Crippen molar-refractivity contribution in [2.45, 2.75) is 19.0 Å². The van der Waals surface area contributed by atoms with Gasteiger partial charge in [-0.05, 0) is 73.9 Å². The largest absolute Gasteiger partial charge is 0.573 e. The van der Waals surface area contributed by atoms with Crippen molar-refractivity contribution in [2.24, 2.45) is 0 Å². The van der Waals surface area contributed by atoms with Crippen LogP contribution in [-0.2, 0) is 6.42 Å². The van der Waals surface area contributed by atoms with Crippen LogP contribution >= 0.6 is 0 Å². The van der Waals surface area contributed by atoms with E-state index in [9.17, 15) is 42.1 Å². The van der Waals surface area contributed by atoms with Crippen LogP contribution in [-0.4, -0.2) is 12.5 Å². The fourth-order valence-corrected chi connectivity index (χ4v) is 5.61. The molecule has 0 unspecified atom stereocenters. The van der Waals surface area contributed by atoms with E-state index in [1.807, 2.05) is 6.07 Å². The van der Waals surface area contributed by atoms with E-state index >= 15 is 0 Å². The Bertz CT molecular complexity index is 2100. The number of nitriles is 3. The minimum Gasteiger partial charge on any atom is -0.406 e. The second-order valence-corrected chi connectivity index (χ2v) is 10.1.